The molecule has 0 aromatic carbocycles. The Morgan fingerprint density at radius 3 is 1.97 bits per heavy atom. The van der Waals surface area contributed by atoms with Gasteiger partial charge in [-0.05, 0) is 12.2 Å². The minimum atomic E-state index is -0.184. The highest BCUT2D eigenvalue weighted by molar-refractivity contribution is 8.21. The van der Waals surface area contributed by atoms with Crippen LogP contribution >= 0.6 is 118 Å². The van der Waals surface area contributed by atoms with Gasteiger partial charge in [0, 0.05) is 84.8 Å². The highest BCUT2D eigenvalue weighted by Crippen LogP contribution is 2.39. The second-order valence-corrected chi connectivity index (χ2v) is 21.6. The van der Waals surface area contributed by atoms with Gasteiger partial charge < -0.3 is 10.2 Å². The molecule has 0 aromatic heterocycles. The highest BCUT2D eigenvalue weighted by atomic mass is 32.2. The molecule has 0 amide bonds. The van der Waals surface area contributed by atoms with Crippen molar-refractivity contribution in [1.82, 2.24) is 0 Å². The van der Waals surface area contributed by atoms with Crippen molar-refractivity contribution in [3.63, 3.8) is 0 Å². The molecule has 3 saturated heterocycles. The van der Waals surface area contributed by atoms with E-state index in [1.165, 1.54) is 46.7 Å². The van der Waals surface area contributed by atoms with Crippen LogP contribution in [0.5, 0.6) is 0 Å². The van der Waals surface area contributed by atoms with E-state index in [-0.39, 0.29) is 12.2 Å². The van der Waals surface area contributed by atoms with E-state index < -0.39 is 0 Å². The maximum atomic E-state index is 10.4. The molecule has 0 aliphatic carbocycles. The van der Waals surface area contributed by atoms with E-state index in [4.69, 9.17) is 0 Å². The Morgan fingerprint density at radius 1 is 0.765 bits per heavy atom. The van der Waals surface area contributed by atoms with Gasteiger partial charge in [-0.1, -0.05) is 6.92 Å². The predicted molar refractivity (Wildman–Crippen MR) is 180 cm³/mol. The SMILES string of the molecule is CC(SCC(O)CSCC1CSCC(CSCC(O)CSCCC2SCCS2)S1)C1SCCS1. The van der Waals surface area contributed by atoms with Crippen molar-refractivity contribution in [2.75, 3.05) is 74.8 Å². The lowest BCUT2D eigenvalue weighted by atomic mass is 10.5. The molecular weight excluding hydrogens is 617 g/mol. The summed E-state index contributed by atoms with van der Waals surface area (Å²) in [6.07, 6.45) is 0.930. The first-order valence-corrected chi connectivity index (χ1v) is 22.8. The largest absolute Gasteiger partial charge is 0.391 e. The standard InChI is InChI=1S/C22H40O2S10/c1-16(22-31-6-7-32-22)33-11-18(24)10-27-13-20-15-28-14-19(34-20)12-26-9-17(23)8-25-3-2-21-29-4-5-30-21/h16-24H,2-15H2,1H3. The summed E-state index contributed by atoms with van der Waals surface area (Å²) >= 11 is 20.4. The molecule has 5 atom stereocenters. The zero-order valence-corrected chi connectivity index (χ0v) is 28.1. The zero-order valence-electron chi connectivity index (χ0n) is 19.9. The fourth-order valence-electron chi connectivity index (χ4n) is 3.59. The van der Waals surface area contributed by atoms with Crippen LogP contribution in [-0.2, 0) is 0 Å². The van der Waals surface area contributed by atoms with Gasteiger partial charge >= 0.3 is 0 Å². The number of rotatable bonds is 17. The summed E-state index contributed by atoms with van der Waals surface area (Å²) in [4.78, 5) is 0. The Morgan fingerprint density at radius 2 is 1.32 bits per heavy atom. The smallest absolute Gasteiger partial charge is 0.0720 e. The van der Waals surface area contributed by atoms with E-state index in [0.717, 1.165) is 43.7 Å². The van der Waals surface area contributed by atoms with Gasteiger partial charge in [-0.25, -0.2) is 0 Å². The van der Waals surface area contributed by atoms with Crippen LogP contribution in [0, 0.1) is 0 Å². The van der Waals surface area contributed by atoms with Gasteiger partial charge in [0.05, 0.1) is 21.4 Å². The maximum Gasteiger partial charge on any atom is 0.0720 e. The molecule has 3 heterocycles. The molecule has 3 aliphatic heterocycles. The van der Waals surface area contributed by atoms with Crippen molar-refractivity contribution >= 4 is 118 Å². The lowest BCUT2D eigenvalue weighted by molar-refractivity contribution is 0.224. The third-order valence-corrected chi connectivity index (χ3v) is 20.8. The van der Waals surface area contributed by atoms with Gasteiger partial charge in [-0.3, -0.25) is 0 Å². The molecule has 2 nitrogen and oxygen atoms in total. The Balaban J connectivity index is 1.16. The van der Waals surface area contributed by atoms with Crippen LogP contribution in [0.3, 0.4) is 0 Å². The van der Waals surface area contributed by atoms with Gasteiger partial charge in [0.15, 0.2) is 0 Å². The number of aliphatic hydroxyl groups excluding tert-OH is 2. The molecule has 34 heavy (non-hydrogen) atoms. The zero-order chi connectivity index (χ0) is 24.0. The van der Waals surface area contributed by atoms with Crippen LogP contribution in [0.25, 0.3) is 0 Å². The van der Waals surface area contributed by atoms with E-state index in [9.17, 15) is 10.2 Å². The number of hydrogen-bond donors (Lipinski definition) is 2. The van der Waals surface area contributed by atoms with Crippen molar-refractivity contribution in [2.24, 2.45) is 0 Å². The van der Waals surface area contributed by atoms with Gasteiger partial charge in [0.2, 0.25) is 0 Å². The monoisotopic (exact) mass is 656 g/mol. The van der Waals surface area contributed by atoms with Gasteiger partial charge in [-0.15, -0.1) is 47.0 Å². The van der Waals surface area contributed by atoms with Crippen LogP contribution in [0.4, 0.5) is 0 Å². The quantitative estimate of drug-likeness (QED) is 0.174. The van der Waals surface area contributed by atoms with E-state index in [0.29, 0.717) is 15.7 Å². The molecule has 3 rings (SSSR count). The number of hydrogen-bond acceptors (Lipinski definition) is 12. The minimum Gasteiger partial charge on any atom is -0.391 e. The Kier molecular flexibility index (Phi) is 18.3. The third-order valence-electron chi connectivity index (χ3n) is 5.30. The summed E-state index contributed by atoms with van der Waals surface area (Å²) in [7, 11) is 0. The molecule has 3 aliphatic rings. The summed E-state index contributed by atoms with van der Waals surface area (Å²) in [6.45, 7) is 2.32. The van der Waals surface area contributed by atoms with Crippen molar-refractivity contribution < 1.29 is 10.2 Å². The number of thioether (sulfide) groups is 10. The summed E-state index contributed by atoms with van der Waals surface area (Å²) < 4.78 is 1.52. The maximum absolute atomic E-state index is 10.4. The molecular formula is C22H40O2S10. The Bertz CT molecular complexity index is 522. The fourth-order valence-corrected chi connectivity index (χ4v) is 18.4. The molecule has 0 saturated carbocycles. The van der Waals surface area contributed by atoms with Gasteiger partial charge in [-0.2, -0.15) is 70.6 Å². The highest BCUT2D eigenvalue weighted by Gasteiger charge is 2.25. The fraction of sp³-hybridized carbons (Fsp3) is 1.00. The summed E-state index contributed by atoms with van der Waals surface area (Å²) in [5.74, 6) is 14.7. The lowest BCUT2D eigenvalue weighted by Crippen LogP contribution is -2.27. The van der Waals surface area contributed by atoms with E-state index in [1.54, 1.807) is 0 Å². The molecule has 0 spiro atoms. The molecule has 5 unspecified atom stereocenters. The molecule has 2 N–H and O–H groups in total. The van der Waals surface area contributed by atoms with E-state index >= 15 is 0 Å². The molecule has 200 valence electrons. The normalized spacial score (nSPS) is 27.3. The van der Waals surface area contributed by atoms with Crippen molar-refractivity contribution in [3.05, 3.63) is 0 Å². The van der Waals surface area contributed by atoms with E-state index in [1.807, 2.05) is 47.0 Å². The van der Waals surface area contributed by atoms with Crippen molar-refractivity contribution in [3.8, 4) is 0 Å². The average molecular weight is 657 g/mol. The minimum absolute atomic E-state index is 0.167. The van der Waals surface area contributed by atoms with Crippen molar-refractivity contribution in [1.29, 1.82) is 0 Å². The van der Waals surface area contributed by atoms with E-state index in [2.05, 4.69) is 77.5 Å². The summed E-state index contributed by atoms with van der Waals surface area (Å²) in [5.41, 5.74) is 0. The first-order valence-electron chi connectivity index (χ1n) is 12.0. The first-order chi connectivity index (χ1) is 16.6. The molecule has 3 fully saturated rings. The molecule has 0 bridgehead atoms. The van der Waals surface area contributed by atoms with Gasteiger partial charge in [0.25, 0.3) is 0 Å². The lowest BCUT2D eigenvalue weighted by Gasteiger charge is -2.28. The second kappa shape index (κ2) is 19.5. The molecule has 12 heteroatoms. The summed E-state index contributed by atoms with van der Waals surface area (Å²) in [6, 6.07) is 0. The molecule has 0 aromatic rings. The van der Waals surface area contributed by atoms with Gasteiger partial charge in [0.1, 0.15) is 0 Å². The topological polar surface area (TPSA) is 40.5 Å². The van der Waals surface area contributed by atoms with Crippen LogP contribution in [0.1, 0.15) is 13.3 Å². The van der Waals surface area contributed by atoms with Crippen LogP contribution in [0.15, 0.2) is 0 Å². The third kappa shape index (κ3) is 13.7. The van der Waals surface area contributed by atoms with Crippen molar-refractivity contribution in [2.45, 2.75) is 50.5 Å². The first kappa shape index (κ1) is 31.9. The number of aliphatic hydroxyl groups is 2. The second-order valence-electron chi connectivity index (χ2n) is 8.48. The summed E-state index contributed by atoms with van der Waals surface area (Å²) in [5, 5.41) is 22.8. The Labute approximate surface area is 250 Å². The van der Waals surface area contributed by atoms with Crippen LogP contribution in [-0.4, -0.2) is 122 Å². The predicted octanol–water partition coefficient (Wildman–Crippen LogP) is 6.25. The Hall–Kier alpha value is 3.42. The average Bonchev–Trinajstić information content (AvgIpc) is 3.55. The van der Waals surface area contributed by atoms with Crippen LogP contribution in [0.2, 0.25) is 0 Å². The molecule has 0 radical (unpaired) electrons. The van der Waals surface area contributed by atoms with Crippen LogP contribution < -0.4 is 0 Å².